The van der Waals surface area contributed by atoms with Crippen LogP contribution in [0.3, 0.4) is 0 Å². The van der Waals surface area contributed by atoms with E-state index in [0.29, 0.717) is 22.0 Å². The van der Waals surface area contributed by atoms with Gasteiger partial charge in [0.25, 0.3) is 5.91 Å². The average molecular weight is 507 g/mol. The van der Waals surface area contributed by atoms with Crippen LogP contribution >= 0.6 is 23.4 Å². The third-order valence-corrected chi connectivity index (χ3v) is 6.99. The van der Waals surface area contributed by atoms with E-state index in [9.17, 15) is 14.7 Å². The molecule has 2 N–H and O–H groups in total. The van der Waals surface area contributed by atoms with Crippen molar-refractivity contribution in [2.75, 3.05) is 5.32 Å². The Hall–Kier alpha value is -3.55. The molecular weight excluding hydrogens is 484 g/mol. The van der Waals surface area contributed by atoms with E-state index in [1.54, 1.807) is 44.2 Å². The van der Waals surface area contributed by atoms with Gasteiger partial charge in [-0.25, -0.2) is 4.98 Å². The first kappa shape index (κ1) is 24.6. The van der Waals surface area contributed by atoms with Gasteiger partial charge in [0, 0.05) is 26.7 Å². The number of rotatable bonds is 7. The Labute approximate surface area is 212 Å². The van der Waals surface area contributed by atoms with Crippen LogP contribution in [0.15, 0.2) is 82.1 Å². The molecule has 0 spiro atoms. The summed E-state index contributed by atoms with van der Waals surface area (Å²) in [6.45, 7) is 5.14. The maximum Gasteiger partial charge on any atom is 0.319 e. The number of amides is 1. The molecule has 0 saturated carbocycles. The zero-order chi connectivity index (χ0) is 25.2. The molecule has 0 aliphatic carbocycles. The van der Waals surface area contributed by atoms with Crippen molar-refractivity contribution in [1.29, 1.82) is 0 Å². The summed E-state index contributed by atoms with van der Waals surface area (Å²) in [5.41, 5.74) is 2.88. The van der Waals surface area contributed by atoms with Crippen molar-refractivity contribution in [2.24, 2.45) is 0 Å². The van der Waals surface area contributed by atoms with Gasteiger partial charge in [0.15, 0.2) is 11.5 Å². The number of nitrogens with one attached hydrogen (secondary N) is 1. The molecule has 4 rings (SSSR count). The number of carboxylic acids is 1. The first-order valence-corrected chi connectivity index (χ1v) is 12.0. The average Bonchev–Trinajstić information content (AvgIpc) is 3.28. The number of nitrogens with zero attached hydrogens (tertiary/aromatic N) is 1. The van der Waals surface area contributed by atoms with Crippen molar-refractivity contribution >= 4 is 40.9 Å². The molecule has 35 heavy (non-hydrogen) atoms. The summed E-state index contributed by atoms with van der Waals surface area (Å²) in [7, 11) is 0. The fourth-order valence-electron chi connectivity index (χ4n) is 3.31. The van der Waals surface area contributed by atoms with Crippen molar-refractivity contribution in [2.45, 2.75) is 30.4 Å². The Morgan fingerprint density at radius 1 is 0.971 bits per heavy atom. The molecule has 1 heterocycles. The lowest BCUT2D eigenvalue weighted by Crippen LogP contribution is -2.26. The van der Waals surface area contributed by atoms with E-state index in [4.69, 9.17) is 16.0 Å². The van der Waals surface area contributed by atoms with Gasteiger partial charge >= 0.3 is 5.97 Å². The molecule has 0 radical (unpaired) electrons. The minimum absolute atomic E-state index is 0.149. The molecule has 0 unspecified atom stereocenters. The van der Waals surface area contributed by atoms with Crippen LogP contribution in [0.2, 0.25) is 5.02 Å². The van der Waals surface area contributed by atoms with Gasteiger partial charge in [0.05, 0.1) is 0 Å². The fraction of sp³-hybridized carbons (Fsp3) is 0.148. The third-order valence-electron chi connectivity index (χ3n) is 5.38. The minimum Gasteiger partial charge on any atom is -0.480 e. The van der Waals surface area contributed by atoms with Crippen LogP contribution in [0.1, 0.15) is 29.9 Å². The predicted octanol–water partition coefficient (Wildman–Crippen LogP) is 7.18. The molecule has 0 aliphatic heterocycles. The lowest BCUT2D eigenvalue weighted by Gasteiger charge is -2.18. The molecule has 3 aromatic carbocycles. The van der Waals surface area contributed by atoms with E-state index in [0.717, 1.165) is 16.0 Å². The molecule has 6 nitrogen and oxygen atoms in total. The largest absolute Gasteiger partial charge is 0.480 e. The van der Waals surface area contributed by atoms with Crippen molar-refractivity contribution in [3.05, 3.63) is 89.1 Å². The van der Waals surface area contributed by atoms with Gasteiger partial charge in [0.1, 0.15) is 4.75 Å². The van der Waals surface area contributed by atoms with Gasteiger partial charge in [-0.3, -0.25) is 9.59 Å². The minimum atomic E-state index is -0.964. The zero-order valence-electron chi connectivity index (χ0n) is 19.3. The second-order valence-electron chi connectivity index (χ2n) is 8.37. The summed E-state index contributed by atoms with van der Waals surface area (Å²) in [5, 5.41) is 12.8. The van der Waals surface area contributed by atoms with Gasteiger partial charge in [-0.1, -0.05) is 48.0 Å². The van der Waals surface area contributed by atoms with Gasteiger partial charge in [-0.2, -0.15) is 0 Å². The number of hydrogen-bond acceptors (Lipinski definition) is 5. The highest BCUT2D eigenvalue weighted by Crippen LogP contribution is 2.35. The van der Waals surface area contributed by atoms with Crippen molar-refractivity contribution < 1.29 is 19.1 Å². The number of carbonyl (C=O) groups excluding carboxylic acids is 1. The first-order chi connectivity index (χ1) is 16.7. The number of aromatic nitrogens is 1. The van der Waals surface area contributed by atoms with E-state index < -0.39 is 16.6 Å². The smallest absolute Gasteiger partial charge is 0.319 e. The molecule has 178 valence electrons. The summed E-state index contributed by atoms with van der Waals surface area (Å²) in [6.07, 6.45) is 0. The molecular formula is C27H23ClN2O4S. The van der Waals surface area contributed by atoms with Crippen molar-refractivity contribution in [3.63, 3.8) is 0 Å². The zero-order valence-corrected chi connectivity index (χ0v) is 20.9. The Morgan fingerprint density at radius 3 is 2.31 bits per heavy atom. The van der Waals surface area contributed by atoms with Gasteiger partial charge in [-0.15, -0.1) is 11.8 Å². The summed E-state index contributed by atoms with van der Waals surface area (Å²) >= 11 is 7.45. The number of halogens is 1. The Balaban J connectivity index is 1.69. The summed E-state index contributed by atoms with van der Waals surface area (Å²) in [4.78, 5) is 30.0. The van der Waals surface area contributed by atoms with Gasteiger partial charge < -0.3 is 14.8 Å². The quantitative estimate of drug-likeness (QED) is 0.258. The Kier molecular flexibility index (Phi) is 7.00. The maximum absolute atomic E-state index is 13.3. The highest BCUT2D eigenvalue weighted by molar-refractivity contribution is 8.01. The molecule has 0 bridgehead atoms. The molecule has 0 saturated heterocycles. The van der Waals surface area contributed by atoms with Crippen LogP contribution in [0.25, 0.3) is 22.8 Å². The van der Waals surface area contributed by atoms with E-state index in [-0.39, 0.29) is 11.6 Å². The number of carbonyl (C=O) groups is 2. The van der Waals surface area contributed by atoms with E-state index >= 15 is 0 Å². The third kappa shape index (κ3) is 5.42. The van der Waals surface area contributed by atoms with Crippen LogP contribution in [0.5, 0.6) is 0 Å². The fourth-order valence-corrected chi connectivity index (χ4v) is 4.43. The molecule has 1 aromatic heterocycles. The summed E-state index contributed by atoms with van der Waals surface area (Å²) in [6, 6.07) is 21.8. The van der Waals surface area contributed by atoms with E-state index in [1.165, 1.54) is 11.8 Å². The standard InChI is InChI=1S/C27H23ClN2O4S/c1-16-20(28)10-7-11-21(16)29-24(31)22-23(17-8-5-4-6-9-17)34-25(30-22)18-12-14-19(15-13-18)35-27(2,3)26(32)33/h4-15H,1-3H3,(H,29,31)(H,32,33). The van der Waals surface area contributed by atoms with Crippen molar-refractivity contribution in [3.8, 4) is 22.8 Å². The number of oxazole rings is 1. The molecule has 0 atom stereocenters. The first-order valence-electron chi connectivity index (χ1n) is 10.8. The van der Waals surface area contributed by atoms with Crippen molar-refractivity contribution in [1.82, 2.24) is 4.98 Å². The number of aliphatic carboxylic acids is 1. The summed E-state index contributed by atoms with van der Waals surface area (Å²) < 4.78 is 5.12. The second-order valence-corrected chi connectivity index (χ2v) is 10.5. The number of carboxylic acid groups (broad SMARTS) is 1. The molecule has 8 heteroatoms. The lowest BCUT2D eigenvalue weighted by atomic mass is 10.1. The number of anilines is 1. The predicted molar refractivity (Wildman–Crippen MR) is 139 cm³/mol. The topological polar surface area (TPSA) is 92.4 Å². The van der Waals surface area contributed by atoms with Crippen LogP contribution in [0.4, 0.5) is 5.69 Å². The van der Waals surface area contributed by atoms with Gasteiger partial charge in [-0.05, 0) is 62.7 Å². The molecule has 0 aliphatic rings. The van der Waals surface area contributed by atoms with E-state index in [1.807, 2.05) is 49.4 Å². The normalized spacial score (nSPS) is 11.3. The van der Waals surface area contributed by atoms with Crippen LogP contribution in [-0.4, -0.2) is 26.7 Å². The summed E-state index contributed by atoms with van der Waals surface area (Å²) in [5.74, 6) is -0.675. The second kappa shape index (κ2) is 9.98. The monoisotopic (exact) mass is 506 g/mol. The Bertz CT molecular complexity index is 1380. The number of benzene rings is 3. The number of hydrogen-bond donors (Lipinski definition) is 2. The Morgan fingerprint density at radius 2 is 1.66 bits per heavy atom. The molecule has 1 amide bonds. The van der Waals surface area contributed by atoms with Crippen LogP contribution in [0, 0.1) is 6.92 Å². The number of thioether (sulfide) groups is 1. The maximum atomic E-state index is 13.3. The highest BCUT2D eigenvalue weighted by atomic mass is 35.5. The van der Waals surface area contributed by atoms with E-state index in [2.05, 4.69) is 10.3 Å². The van der Waals surface area contributed by atoms with Crippen LogP contribution < -0.4 is 5.32 Å². The van der Waals surface area contributed by atoms with Gasteiger partial charge in [0.2, 0.25) is 5.89 Å². The molecule has 0 fully saturated rings. The highest BCUT2D eigenvalue weighted by Gasteiger charge is 2.28. The van der Waals surface area contributed by atoms with Crippen LogP contribution in [-0.2, 0) is 4.79 Å². The SMILES string of the molecule is Cc1c(Cl)cccc1NC(=O)c1nc(-c2ccc(SC(C)(C)C(=O)O)cc2)oc1-c1ccccc1. The molecule has 4 aromatic rings. The lowest BCUT2D eigenvalue weighted by molar-refractivity contribution is -0.138.